The highest BCUT2D eigenvalue weighted by Crippen LogP contribution is 2.27. The SMILES string of the molecule is COc1ccc(CN(C)C(=O)c2ccccc2SCc2nc(C)no2)cc1F. The third-order valence-corrected chi connectivity index (χ3v) is 5.08. The highest BCUT2D eigenvalue weighted by atomic mass is 32.2. The van der Waals surface area contributed by atoms with Gasteiger partial charge in [0.05, 0.1) is 18.4 Å². The second kappa shape index (κ2) is 8.88. The number of carbonyl (C=O) groups is 1. The molecule has 0 unspecified atom stereocenters. The summed E-state index contributed by atoms with van der Waals surface area (Å²) >= 11 is 1.45. The molecule has 1 heterocycles. The number of thioether (sulfide) groups is 1. The van der Waals surface area contributed by atoms with E-state index in [-0.39, 0.29) is 18.2 Å². The number of aromatic nitrogens is 2. The van der Waals surface area contributed by atoms with Crippen LogP contribution in [0.4, 0.5) is 4.39 Å². The Kier molecular flexibility index (Phi) is 6.30. The van der Waals surface area contributed by atoms with Crippen molar-refractivity contribution in [2.75, 3.05) is 14.2 Å². The number of halogens is 1. The molecule has 0 spiro atoms. The van der Waals surface area contributed by atoms with Crippen molar-refractivity contribution in [1.82, 2.24) is 15.0 Å². The summed E-state index contributed by atoms with van der Waals surface area (Å²) in [7, 11) is 3.10. The first kappa shape index (κ1) is 19.9. The minimum Gasteiger partial charge on any atom is -0.494 e. The van der Waals surface area contributed by atoms with Crippen LogP contribution in [0.3, 0.4) is 0 Å². The second-order valence-corrected chi connectivity index (χ2v) is 7.17. The third kappa shape index (κ3) is 4.69. The smallest absolute Gasteiger partial charge is 0.255 e. The lowest BCUT2D eigenvalue weighted by molar-refractivity contribution is 0.0781. The summed E-state index contributed by atoms with van der Waals surface area (Å²) in [5.74, 6) is 1.13. The molecule has 0 bridgehead atoms. The number of carbonyl (C=O) groups excluding carboxylic acids is 1. The Labute approximate surface area is 166 Å². The van der Waals surface area contributed by atoms with Crippen molar-refractivity contribution in [3.63, 3.8) is 0 Å². The normalized spacial score (nSPS) is 10.7. The second-order valence-electron chi connectivity index (χ2n) is 6.15. The maximum Gasteiger partial charge on any atom is 0.255 e. The fraction of sp³-hybridized carbons (Fsp3) is 0.250. The van der Waals surface area contributed by atoms with Gasteiger partial charge in [0.25, 0.3) is 5.91 Å². The van der Waals surface area contributed by atoms with Gasteiger partial charge in [-0.25, -0.2) is 4.39 Å². The van der Waals surface area contributed by atoms with Crippen LogP contribution in [0, 0.1) is 12.7 Å². The van der Waals surface area contributed by atoms with Crippen molar-refractivity contribution in [1.29, 1.82) is 0 Å². The van der Waals surface area contributed by atoms with Crippen LogP contribution in [0.1, 0.15) is 27.6 Å². The van der Waals surface area contributed by atoms with E-state index in [2.05, 4.69) is 10.1 Å². The zero-order chi connectivity index (χ0) is 20.1. The van der Waals surface area contributed by atoms with Crippen LogP contribution >= 0.6 is 11.8 Å². The molecule has 0 fully saturated rings. The Hall–Kier alpha value is -2.87. The molecule has 6 nitrogen and oxygen atoms in total. The summed E-state index contributed by atoms with van der Waals surface area (Å²) in [6.45, 7) is 2.04. The maximum atomic E-state index is 13.9. The van der Waals surface area contributed by atoms with Gasteiger partial charge in [0, 0.05) is 18.5 Å². The Bertz CT molecular complexity index is 977. The van der Waals surface area contributed by atoms with Gasteiger partial charge in [0.1, 0.15) is 0 Å². The van der Waals surface area contributed by atoms with Crippen molar-refractivity contribution >= 4 is 17.7 Å². The molecular formula is C20H20FN3O3S. The zero-order valence-corrected chi connectivity index (χ0v) is 16.6. The van der Waals surface area contributed by atoms with E-state index in [1.807, 2.05) is 18.2 Å². The lowest BCUT2D eigenvalue weighted by Gasteiger charge is -2.19. The largest absolute Gasteiger partial charge is 0.494 e. The molecule has 28 heavy (non-hydrogen) atoms. The fourth-order valence-corrected chi connectivity index (χ4v) is 3.55. The number of amides is 1. The van der Waals surface area contributed by atoms with E-state index < -0.39 is 5.82 Å². The van der Waals surface area contributed by atoms with Gasteiger partial charge in [-0.15, -0.1) is 11.8 Å². The Morgan fingerprint density at radius 1 is 1.29 bits per heavy atom. The zero-order valence-electron chi connectivity index (χ0n) is 15.8. The Morgan fingerprint density at radius 2 is 2.07 bits per heavy atom. The molecule has 2 aromatic carbocycles. The summed E-state index contributed by atoms with van der Waals surface area (Å²) in [6, 6.07) is 12.0. The lowest BCUT2D eigenvalue weighted by atomic mass is 10.1. The number of hydrogen-bond acceptors (Lipinski definition) is 6. The molecule has 1 aromatic heterocycles. The van der Waals surface area contributed by atoms with Crippen molar-refractivity contribution in [2.45, 2.75) is 24.1 Å². The molecule has 1 amide bonds. The molecule has 0 aliphatic heterocycles. The standard InChI is InChI=1S/C20H20FN3O3S/c1-13-22-19(27-23-13)12-28-18-7-5-4-6-15(18)20(25)24(2)11-14-8-9-17(26-3)16(21)10-14/h4-10H,11-12H2,1-3H3. The van der Waals surface area contributed by atoms with Crippen LogP contribution in [-0.4, -0.2) is 35.1 Å². The van der Waals surface area contributed by atoms with Crippen molar-refractivity contribution in [3.05, 3.63) is 71.1 Å². The van der Waals surface area contributed by atoms with Gasteiger partial charge in [-0.1, -0.05) is 23.4 Å². The number of hydrogen-bond donors (Lipinski definition) is 0. The average molecular weight is 401 g/mol. The molecule has 0 N–H and O–H groups in total. The van der Waals surface area contributed by atoms with Gasteiger partial charge in [0.15, 0.2) is 17.4 Å². The van der Waals surface area contributed by atoms with Gasteiger partial charge < -0.3 is 14.2 Å². The van der Waals surface area contributed by atoms with Crippen LogP contribution < -0.4 is 4.74 Å². The van der Waals surface area contributed by atoms with Crippen molar-refractivity contribution in [2.24, 2.45) is 0 Å². The predicted octanol–water partition coefficient (Wildman–Crippen LogP) is 4.09. The van der Waals surface area contributed by atoms with Gasteiger partial charge in [-0.2, -0.15) is 4.98 Å². The molecule has 3 rings (SSSR count). The van der Waals surface area contributed by atoms with Crippen LogP contribution in [0.25, 0.3) is 0 Å². The van der Waals surface area contributed by atoms with E-state index in [4.69, 9.17) is 9.26 Å². The molecule has 8 heteroatoms. The molecule has 146 valence electrons. The first-order valence-electron chi connectivity index (χ1n) is 8.57. The molecule has 0 aliphatic rings. The summed E-state index contributed by atoms with van der Waals surface area (Å²) in [5.41, 5.74) is 1.25. The quantitative estimate of drug-likeness (QED) is 0.556. The van der Waals surface area contributed by atoms with Crippen LogP contribution in [0.5, 0.6) is 5.75 Å². The molecular weight excluding hydrogens is 381 g/mol. The Morgan fingerprint density at radius 3 is 2.75 bits per heavy atom. The number of rotatable bonds is 7. The molecule has 0 saturated carbocycles. The summed E-state index contributed by atoms with van der Waals surface area (Å²) in [6.07, 6.45) is 0. The van der Waals surface area contributed by atoms with E-state index >= 15 is 0 Å². The van der Waals surface area contributed by atoms with Crippen LogP contribution in [0.2, 0.25) is 0 Å². The molecule has 0 radical (unpaired) electrons. The molecule has 0 saturated heterocycles. The number of ether oxygens (including phenoxy) is 1. The van der Waals surface area contributed by atoms with E-state index in [1.54, 1.807) is 37.1 Å². The average Bonchev–Trinajstić information content (AvgIpc) is 3.11. The first-order chi connectivity index (χ1) is 13.5. The lowest BCUT2D eigenvalue weighted by Crippen LogP contribution is -2.26. The van der Waals surface area contributed by atoms with E-state index in [1.165, 1.54) is 24.9 Å². The van der Waals surface area contributed by atoms with Gasteiger partial charge in [-0.05, 0) is 36.8 Å². The van der Waals surface area contributed by atoms with Crippen molar-refractivity contribution < 1.29 is 18.4 Å². The maximum absolute atomic E-state index is 13.9. The van der Waals surface area contributed by atoms with Crippen molar-refractivity contribution in [3.8, 4) is 5.75 Å². The molecule has 0 aliphatic carbocycles. The monoisotopic (exact) mass is 401 g/mol. The summed E-state index contributed by atoms with van der Waals surface area (Å²) in [5, 5.41) is 3.77. The van der Waals surface area contributed by atoms with Crippen LogP contribution in [-0.2, 0) is 12.3 Å². The number of methoxy groups -OCH3 is 1. The van der Waals surface area contributed by atoms with Gasteiger partial charge in [-0.3, -0.25) is 4.79 Å². The fourth-order valence-electron chi connectivity index (χ4n) is 2.67. The van der Waals surface area contributed by atoms with Gasteiger partial charge >= 0.3 is 0 Å². The third-order valence-electron chi connectivity index (χ3n) is 4.02. The predicted molar refractivity (Wildman–Crippen MR) is 104 cm³/mol. The van der Waals surface area contributed by atoms with E-state index in [9.17, 15) is 9.18 Å². The highest BCUT2D eigenvalue weighted by molar-refractivity contribution is 7.98. The molecule has 0 atom stereocenters. The summed E-state index contributed by atoms with van der Waals surface area (Å²) < 4.78 is 23.9. The number of benzene rings is 2. The topological polar surface area (TPSA) is 68.5 Å². The number of aryl methyl sites for hydroxylation is 1. The minimum atomic E-state index is -0.452. The molecule has 3 aromatic rings. The highest BCUT2D eigenvalue weighted by Gasteiger charge is 2.17. The summed E-state index contributed by atoms with van der Waals surface area (Å²) in [4.78, 5) is 19.5. The number of nitrogens with zero attached hydrogens (tertiary/aromatic N) is 3. The van der Waals surface area contributed by atoms with Gasteiger partial charge in [0.2, 0.25) is 5.89 Å². The Balaban J connectivity index is 1.71. The van der Waals surface area contributed by atoms with Crippen LogP contribution in [0.15, 0.2) is 51.9 Å². The van der Waals surface area contributed by atoms with E-state index in [0.29, 0.717) is 28.6 Å². The minimum absolute atomic E-state index is 0.152. The van der Waals surface area contributed by atoms with E-state index in [0.717, 1.165) is 4.90 Å². The first-order valence-corrected chi connectivity index (χ1v) is 9.55.